The Labute approximate surface area is 140 Å². The molecule has 0 amide bonds. The highest BCUT2D eigenvalue weighted by Crippen LogP contribution is 2.37. The Morgan fingerprint density at radius 2 is 1.95 bits per heavy atom. The molecule has 0 atom stereocenters. The zero-order valence-electron chi connectivity index (χ0n) is 10.8. The van der Waals surface area contributed by atoms with E-state index in [0.717, 1.165) is 15.6 Å². The number of halogens is 3. The van der Waals surface area contributed by atoms with E-state index in [-0.39, 0.29) is 0 Å². The summed E-state index contributed by atoms with van der Waals surface area (Å²) in [4.78, 5) is 0. The van der Waals surface area contributed by atoms with Crippen LogP contribution in [0.5, 0.6) is 11.5 Å². The zero-order chi connectivity index (χ0) is 14.5. The third-order valence-corrected chi connectivity index (χ3v) is 4.48. The maximum absolute atomic E-state index is 6.26. The SMILES string of the molecule is COc1cc(CBr)cc(Cl)c1OCc1ccccc1Br. The van der Waals surface area contributed by atoms with Crippen LogP contribution in [0, 0.1) is 0 Å². The fourth-order valence-corrected chi connectivity index (χ4v) is 2.77. The lowest BCUT2D eigenvalue weighted by atomic mass is 10.2. The minimum Gasteiger partial charge on any atom is -0.493 e. The third-order valence-electron chi connectivity index (χ3n) is 2.77. The summed E-state index contributed by atoms with van der Waals surface area (Å²) in [5.74, 6) is 1.20. The maximum atomic E-state index is 6.26. The quantitative estimate of drug-likeness (QED) is 0.588. The van der Waals surface area contributed by atoms with Gasteiger partial charge >= 0.3 is 0 Å². The Bertz CT molecular complexity index is 602. The van der Waals surface area contributed by atoms with Gasteiger partial charge in [0.25, 0.3) is 0 Å². The molecule has 0 radical (unpaired) electrons. The Morgan fingerprint density at radius 3 is 2.60 bits per heavy atom. The van der Waals surface area contributed by atoms with Crippen LogP contribution >= 0.6 is 43.5 Å². The highest BCUT2D eigenvalue weighted by molar-refractivity contribution is 9.10. The molecule has 0 spiro atoms. The Morgan fingerprint density at radius 1 is 1.20 bits per heavy atom. The van der Waals surface area contributed by atoms with Crippen molar-refractivity contribution in [3.63, 3.8) is 0 Å². The van der Waals surface area contributed by atoms with Crippen LogP contribution in [0.3, 0.4) is 0 Å². The summed E-state index contributed by atoms with van der Waals surface area (Å²) in [5.41, 5.74) is 2.09. The van der Waals surface area contributed by atoms with E-state index in [9.17, 15) is 0 Å². The zero-order valence-corrected chi connectivity index (χ0v) is 14.8. The Balaban J connectivity index is 2.23. The summed E-state index contributed by atoms with van der Waals surface area (Å²) in [6, 6.07) is 11.7. The summed E-state index contributed by atoms with van der Waals surface area (Å²) < 4.78 is 12.2. The second-order valence-electron chi connectivity index (χ2n) is 4.12. The lowest BCUT2D eigenvalue weighted by Gasteiger charge is -2.14. The Hall–Kier alpha value is -0.710. The van der Waals surface area contributed by atoms with Gasteiger partial charge in [0.1, 0.15) is 6.61 Å². The van der Waals surface area contributed by atoms with E-state index in [0.29, 0.717) is 28.5 Å². The fraction of sp³-hybridized carbons (Fsp3) is 0.200. The van der Waals surface area contributed by atoms with Crippen molar-refractivity contribution in [3.8, 4) is 11.5 Å². The summed E-state index contributed by atoms with van der Waals surface area (Å²) in [6.45, 7) is 0.422. The second kappa shape index (κ2) is 7.34. The van der Waals surface area contributed by atoms with Crippen LogP contribution in [0.25, 0.3) is 0 Å². The Kier molecular flexibility index (Phi) is 5.75. The number of ether oxygens (including phenoxy) is 2. The molecular weight excluding hydrogens is 407 g/mol. The van der Waals surface area contributed by atoms with Gasteiger partial charge in [-0.05, 0) is 23.8 Å². The van der Waals surface area contributed by atoms with Gasteiger partial charge in [0.2, 0.25) is 0 Å². The largest absolute Gasteiger partial charge is 0.493 e. The topological polar surface area (TPSA) is 18.5 Å². The molecular formula is C15H13Br2ClO2. The highest BCUT2D eigenvalue weighted by atomic mass is 79.9. The van der Waals surface area contributed by atoms with Crippen LogP contribution < -0.4 is 9.47 Å². The van der Waals surface area contributed by atoms with Gasteiger partial charge in [0.15, 0.2) is 11.5 Å². The van der Waals surface area contributed by atoms with Gasteiger partial charge < -0.3 is 9.47 Å². The van der Waals surface area contributed by atoms with E-state index >= 15 is 0 Å². The number of benzene rings is 2. The summed E-state index contributed by atoms with van der Waals surface area (Å²) in [6.07, 6.45) is 0. The number of alkyl halides is 1. The average Bonchev–Trinajstić information content (AvgIpc) is 2.46. The normalized spacial score (nSPS) is 10.4. The van der Waals surface area contributed by atoms with E-state index < -0.39 is 0 Å². The van der Waals surface area contributed by atoms with Gasteiger partial charge in [0.05, 0.1) is 12.1 Å². The number of hydrogen-bond donors (Lipinski definition) is 0. The smallest absolute Gasteiger partial charge is 0.180 e. The molecule has 0 aliphatic heterocycles. The lowest BCUT2D eigenvalue weighted by Crippen LogP contribution is -2.00. The first-order valence-corrected chi connectivity index (χ1v) is 8.23. The van der Waals surface area contributed by atoms with Crippen molar-refractivity contribution in [2.45, 2.75) is 11.9 Å². The molecule has 2 nitrogen and oxygen atoms in total. The average molecular weight is 421 g/mol. The van der Waals surface area contributed by atoms with Crippen LogP contribution in [0.15, 0.2) is 40.9 Å². The van der Waals surface area contributed by atoms with E-state index in [1.54, 1.807) is 7.11 Å². The number of methoxy groups -OCH3 is 1. The molecule has 2 rings (SSSR count). The fourth-order valence-electron chi connectivity index (χ4n) is 1.76. The van der Waals surface area contributed by atoms with Crippen LogP contribution in [0.2, 0.25) is 5.02 Å². The van der Waals surface area contributed by atoms with Crippen LogP contribution in [-0.4, -0.2) is 7.11 Å². The first-order valence-electron chi connectivity index (χ1n) is 5.94. The van der Waals surface area contributed by atoms with Gasteiger partial charge in [-0.25, -0.2) is 0 Å². The van der Waals surface area contributed by atoms with Crippen molar-refractivity contribution < 1.29 is 9.47 Å². The second-order valence-corrected chi connectivity index (χ2v) is 5.95. The van der Waals surface area contributed by atoms with Crippen molar-refractivity contribution in [2.24, 2.45) is 0 Å². The van der Waals surface area contributed by atoms with Crippen molar-refractivity contribution in [1.82, 2.24) is 0 Å². The molecule has 0 aliphatic carbocycles. The number of hydrogen-bond acceptors (Lipinski definition) is 2. The van der Waals surface area contributed by atoms with Crippen LogP contribution in [0.4, 0.5) is 0 Å². The predicted octanol–water partition coefficient (Wildman–Crippen LogP) is 5.59. The maximum Gasteiger partial charge on any atom is 0.180 e. The standard InChI is InChI=1S/C15H13Br2ClO2/c1-19-14-7-10(8-16)6-13(18)15(14)20-9-11-4-2-3-5-12(11)17/h2-7H,8-9H2,1H3. The van der Waals surface area contributed by atoms with Gasteiger partial charge in [-0.2, -0.15) is 0 Å². The molecule has 2 aromatic carbocycles. The minimum atomic E-state index is 0.422. The molecule has 0 saturated carbocycles. The van der Waals surface area contributed by atoms with Gasteiger partial charge in [-0.1, -0.05) is 61.7 Å². The predicted molar refractivity (Wildman–Crippen MR) is 89.1 cm³/mol. The molecule has 0 N–H and O–H groups in total. The molecule has 0 unspecified atom stereocenters. The van der Waals surface area contributed by atoms with E-state index in [1.165, 1.54) is 0 Å². The summed E-state index contributed by atoms with van der Waals surface area (Å²) >= 11 is 13.2. The van der Waals surface area contributed by atoms with Gasteiger partial charge in [-0.15, -0.1) is 0 Å². The molecule has 2 aromatic rings. The summed E-state index contributed by atoms with van der Waals surface area (Å²) in [5, 5.41) is 1.26. The van der Waals surface area contributed by atoms with Gasteiger partial charge in [-0.3, -0.25) is 0 Å². The van der Waals surface area contributed by atoms with Crippen molar-refractivity contribution in [3.05, 3.63) is 57.0 Å². The molecule has 0 fully saturated rings. The van der Waals surface area contributed by atoms with Crippen molar-refractivity contribution in [2.75, 3.05) is 7.11 Å². The number of rotatable bonds is 5. The molecule has 0 saturated heterocycles. The van der Waals surface area contributed by atoms with Crippen LogP contribution in [0.1, 0.15) is 11.1 Å². The summed E-state index contributed by atoms with van der Waals surface area (Å²) in [7, 11) is 1.61. The van der Waals surface area contributed by atoms with E-state index in [4.69, 9.17) is 21.1 Å². The molecule has 0 aliphatic rings. The van der Waals surface area contributed by atoms with Crippen molar-refractivity contribution in [1.29, 1.82) is 0 Å². The van der Waals surface area contributed by atoms with E-state index in [1.807, 2.05) is 36.4 Å². The van der Waals surface area contributed by atoms with Crippen LogP contribution in [-0.2, 0) is 11.9 Å². The van der Waals surface area contributed by atoms with Gasteiger partial charge in [0, 0.05) is 15.4 Å². The van der Waals surface area contributed by atoms with Crippen molar-refractivity contribution >= 4 is 43.5 Å². The first kappa shape index (κ1) is 15.7. The third kappa shape index (κ3) is 3.68. The minimum absolute atomic E-state index is 0.422. The molecule has 0 aromatic heterocycles. The molecule has 106 valence electrons. The molecule has 20 heavy (non-hydrogen) atoms. The van der Waals surface area contributed by atoms with E-state index in [2.05, 4.69) is 31.9 Å². The first-order chi connectivity index (χ1) is 9.65. The molecule has 5 heteroatoms. The molecule has 0 heterocycles. The monoisotopic (exact) mass is 418 g/mol. The highest BCUT2D eigenvalue weighted by Gasteiger charge is 2.12. The lowest BCUT2D eigenvalue weighted by molar-refractivity contribution is 0.284. The molecule has 0 bridgehead atoms.